The highest BCUT2D eigenvalue weighted by atomic mass is 16.5. The number of unbranched alkanes of at least 4 members (excludes halogenated alkanes) is 1. The highest BCUT2D eigenvalue weighted by Gasteiger charge is 2.23. The standard InChI is InChI=1S/C19H31N3O/c1-2-3-13-23-14-5-10-21-15-17-6-4-7-19(18(17)16-21)22-11-8-20-9-12-22/h4,6-7,20H,2-3,5,8-16H2,1H3. The van der Waals surface area contributed by atoms with Crippen LogP contribution >= 0.6 is 0 Å². The zero-order valence-electron chi connectivity index (χ0n) is 14.5. The molecule has 128 valence electrons. The SMILES string of the molecule is CCCCOCCCN1Cc2cccc(N3CCNCC3)c2C1. The maximum Gasteiger partial charge on any atom is 0.0478 e. The van der Waals surface area contributed by atoms with Crippen molar-refractivity contribution in [3.63, 3.8) is 0 Å². The van der Waals surface area contributed by atoms with Crippen LogP contribution in [-0.4, -0.2) is 50.8 Å². The van der Waals surface area contributed by atoms with Gasteiger partial charge < -0.3 is 15.0 Å². The van der Waals surface area contributed by atoms with E-state index in [4.69, 9.17) is 4.74 Å². The van der Waals surface area contributed by atoms with Gasteiger partial charge in [0.15, 0.2) is 0 Å². The van der Waals surface area contributed by atoms with E-state index >= 15 is 0 Å². The summed E-state index contributed by atoms with van der Waals surface area (Å²) in [4.78, 5) is 5.12. The average Bonchev–Trinajstić information content (AvgIpc) is 3.01. The first kappa shape index (κ1) is 16.7. The maximum absolute atomic E-state index is 5.69. The number of hydrogen-bond acceptors (Lipinski definition) is 4. The van der Waals surface area contributed by atoms with Crippen molar-refractivity contribution in [2.45, 2.75) is 39.3 Å². The molecule has 1 saturated heterocycles. The van der Waals surface area contributed by atoms with Crippen LogP contribution in [0.4, 0.5) is 5.69 Å². The molecule has 1 N–H and O–H groups in total. The molecular weight excluding hydrogens is 286 g/mol. The molecule has 2 aliphatic rings. The van der Waals surface area contributed by atoms with Crippen molar-refractivity contribution in [2.24, 2.45) is 0 Å². The van der Waals surface area contributed by atoms with Crippen molar-refractivity contribution in [1.29, 1.82) is 0 Å². The third-order valence-electron chi connectivity index (χ3n) is 4.89. The zero-order valence-corrected chi connectivity index (χ0v) is 14.5. The second-order valence-electron chi connectivity index (χ2n) is 6.68. The van der Waals surface area contributed by atoms with Crippen LogP contribution in [0.3, 0.4) is 0 Å². The van der Waals surface area contributed by atoms with Crippen molar-refractivity contribution < 1.29 is 4.74 Å². The molecule has 0 amide bonds. The Bertz CT molecular complexity index is 486. The van der Waals surface area contributed by atoms with Gasteiger partial charge >= 0.3 is 0 Å². The van der Waals surface area contributed by atoms with Crippen LogP contribution in [0.25, 0.3) is 0 Å². The maximum atomic E-state index is 5.69. The van der Waals surface area contributed by atoms with Crippen molar-refractivity contribution in [1.82, 2.24) is 10.2 Å². The van der Waals surface area contributed by atoms with Crippen LogP contribution in [0.2, 0.25) is 0 Å². The summed E-state index contributed by atoms with van der Waals surface area (Å²) in [7, 11) is 0. The van der Waals surface area contributed by atoms with Crippen LogP contribution in [0, 0.1) is 0 Å². The van der Waals surface area contributed by atoms with Gasteiger partial charge in [-0.2, -0.15) is 0 Å². The lowest BCUT2D eigenvalue weighted by molar-refractivity contribution is 0.118. The van der Waals surface area contributed by atoms with E-state index in [-0.39, 0.29) is 0 Å². The van der Waals surface area contributed by atoms with E-state index < -0.39 is 0 Å². The van der Waals surface area contributed by atoms with Gasteiger partial charge in [0, 0.05) is 64.7 Å². The second-order valence-corrected chi connectivity index (χ2v) is 6.68. The van der Waals surface area contributed by atoms with E-state index in [1.807, 2.05) is 0 Å². The summed E-state index contributed by atoms with van der Waals surface area (Å²) in [6.45, 7) is 11.8. The molecule has 0 atom stereocenters. The molecular formula is C19H31N3O. The summed E-state index contributed by atoms with van der Waals surface area (Å²) in [5, 5.41) is 3.44. The smallest absolute Gasteiger partial charge is 0.0478 e. The van der Waals surface area contributed by atoms with Gasteiger partial charge in [0.2, 0.25) is 0 Å². The second kappa shape index (κ2) is 8.67. The Morgan fingerprint density at radius 2 is 1.91 bits per heavy atom. The van der Waals surface area contributed by atoms with E-state index in [1.165, 1.54) is 24.1 Å². The summed E-state index contributed by atoms with van der Waals surface area (Å²) in [6, 6.07) is 6.84. The monoisotopic (exact) mass is 317 g/mol. The van der Waals surface area contributed by atoms with Crippen LogP contribution in [-0.2, 0) is 17.8 Å². The van der Waals surface area contributed by atoms with Gasteiger partial charge in [0.05, 0.1) is 0 Å². The van der Waals surface area contributed by atoms with Gasteiger partial charge in [-0.15, -0.1) is 0 Å². The van der Waals surface area contributed by atoms with Crippen LogP contribution in [0.5, 0.6) is 0 Å². The molecule has 0 bridgehead atoms. The fraction of sp³-hybridized carbons (Fsp3) is 0.684. The minimum atomic E-state index is 0.900. The van der Waals surface area contributed by atoms with Gasteiger partial charge in [-0.25, -0.2) is 0 Å². The third kappa shape index (κ3) is 4.46. The molecule has 3 rings (SSSR count). The fourth-order valence-corrected chi connectivity index (χ4v) is 3.57. The summed E-state index contributed by atoms with van der Waals surface area (Å²) < 4.78 is 5.69. The van der Waals surface area contributed by atoms with E-state index in [0.29, 0.717) is 0 Å². The Kier molecular flexibility index (Phi) is 6.31. The Hall–Kier alpha value is -1.10. The lowest BCUT2D eigenvalue weighted by Gasteiger charge is -2.31. The van der Waals surface area contributed by atoms with Crippen LogP contribution in [0.1, 0.15) is 37.3 Å². The molecule has 1 aromatic carbocycles. The van der Waals surface area contributed by atoms with Crippen molar-refractivity contribution in [3.8, 4) is 0 Å². The Morgan fingerprint density at radius 3 is 2.74 bits per heavy atom. The molecule has 2 heterocycles. The molecule has 4 nitrogen and oxygen atoms in total. The number of hydrogen-bond donors (Lipinski definition) is 1. The van der Waals surface area contributed by atoms with E-state index in [0.717, 1.165) is 65.4 Å². The van der Waals surface area contributed by atoms with Crippen LogP contribution < -0.4 is 10.2 Å². The number of benzene rings is 1. The highest BCUT2D eigenvalue weighted by Crippen LogP contribution is 2.31. The van der Waals surface area contributed by atoms with Gasteiger partial charge in [-0.3, -0.25) is 4.90 Å². The highest BCUT2D eigenvalue weighted by molar-refractivity contribution is 5.58. The average molecular weight is 317 g/mol. The number of anilines is 1. The molecule has 2 aliphatic heterocycles. The molecule has 0 aliphatic carbocycles. The summed E-state index contributed by atoms with van der Waals surface area (Å²) in [6.07, 6.45) is 3.54. The van der Waals surface area contributed by atoms with Crippen molar-refractivity contribution in [2.75, 3.05) is 50.8 Å². The zero-order chi connectivity index (χ0) is 15.9. The number of nitrogens with zero attached hydrogens (tertiary/aromatic N) is 2. The fourth-order valence-electron chi connectivity index (χ4n) is 3.57. The molecule has 0 aromatic heterocycles. The van der Waals surface area contributed by atoms with E-state index in [2.05, 4.69) is 40.2 Å². The number of piperazine rings is 1. The number of rotatable bonds is 8. The quantitative estimate of drug-likeness (QED) is 0.746. The number of ether oxygens (including phenoxy) is 1. The first-order valence-electron chi connectivity index (χ1n) is 9.25. The normalized spacial score (nSPS) is 18.4. The molecule has 0 spiro atoms. The minimum Gasteiger partial charge on any atom is -0.381 e. The number of fused-ring (bicyclic) bond motifs is 1. The summed E-state index contributed by atoms with van der Waals surface area (Å²) in [5.41, 5.74) is 4.54. The lowest BCUT2D eigenvalue weighted by Crippen LogP contribution is -2.43. The largest absolute Gasteiger partial charge is 0.381 e. The molecule has 1 aromatic rings. The van der Waals surface area contributed by atoms with Crippen LogP contribution in [0.15, 0.2) is 18.2 Å². The third-order valence-corrected chi connectivity index (χ3v) is 4.89. The van der Waals surface area contributed by atoms with Gasteiger partial charge in [-0.05, 0) is 30.0 Å². The first-order valence-corrected chi connectivity index (χ1v) is 9.25. The predicted octanol–water partition coefficient (Wildman–Crippen LogP) is 2.62. The van der Waals surface area contributed by atoms with Gasteiger partial charge in [-0.1, -0.05) is 25.5 Å². The number of nitrogens with one attached hydrogen (secondary N) is 1. The Labute approximate surface area is 140 Å². The Morgan fingerprint density at radius 1 is 1.09 bits per heavy atom. The Balaban J connectivity index is 1.50. The van der Waals surface area contributed by atoms with Gasteiger partial charge in [0.1, 0.15) is 0 Å². The summed E-state index contributed by atoms with van der Waals surface area (Å²) in [5.74, 6) is 0. The molecule has 1 fully saturated rings. The first-order chi connectivity index (χ1) is 11.4. The molecule has 0 unspecified atom stereocenters. The topological polar surface area (TPSA) is 27.7 Å². The van der Waals surface area contributed by atoms with E-state index in [9.17, 15) is 0 Å². The lowest BCUT2D eigenvalue weighted by atomic mass is 10.1. The van der Waals surface area contributed by atoms with Crippen molar-refractivity contribution in [3.05, 3.63) is 29.3 Å². The van der Waals surface area contributed by atoms with E-state index in [1.54, 1.807) is 5.56 Å². The van der Waals surface area contributed by atoms with Crippen molar-refractivity contribution >= 4 is 5.69 Å². The molecule has 23 heavy (non-hydrogen) atoms. The molecule has 0 radical (unpaired) electrons. The van der Waals surface area contributed by atoms with Gasteiger partial charge in [0.25, 0.3) is 0 Å². The predicted molar refractivity (Wildman–Crippen MR) is 96.0 cm³/mol. The summed E-state index contributed by atoms with van der Waals surface area (Å²) >= 11 is 0. The minimum absolute atomic E-state index is 0.900. The molecule has 4 heteroatoms. The molecule has 0 saturated carbocycles.